The minimum atomic E-state index is -0.286. The average Bonchev–Trinajstić information content (AvgIpc) is 2.77. The summed E-state index contributed by atoms with van der Waals surface area (Å²) in [4.78, 5) is 12.4. The summed E-state index contributed by atoms with van der Waals surface area (Å²) in [5.74, 6) is 3.08. The maximum absolute atomic E-state index is 12.4. The van der Waals surface area contributed by atoms with Gasteiger partial charge in [-0.2, -0.15) is 0 Å². The van der Waals surface area contributed by atoms with Crippen molar-refractivity contribution in [2.24, 2.45) is 34.5 Å². The highest BCUT2D eigenvalue weighted by atomic mass is 79.9. The van der Waals surface area contributed by atoms with Gasteiger partial charge in [0, 0.05) is 21.7 Å². The van der Waals surface area contributed by atoms with Gasteiger partial charge in [-0.1, -0.05) is 29.8 Å². The van der Waals surface area contributed by atoms with Gasteiger partial charge in [0.25, 0.3) is 0 Å². The second-order valence-corrected chi connectivity index (χ2v) is 9.52. The Hall–Kier alpha value is -0.150. The summed E-state index contributed by atoms with van der Waals surface area (Å²) in [7, 11) is 0. The van der Waals surface area contributed by atoms with Crippen LogP contribution < -0.4 is 0 Å². The highest BCUT2D eigenvalue weighted by Crippen LogP contribution is 2.66. The molecular weight excluding hydrogens is 340 g/mol. The molecule has 122 valence electrons. The van der Waals surface area contributed by atoms with Gasteiger partial charge in [0.1, 0.15) is 5.78 Å². The first-order chi connectivity index (χ1) is 10.4. The number of halogens is 1. The fourth-order valence-corrected chi connectivity index (χ4v) is 7.57. The summed E-state index contributed by atoms with van der Waals surface area (Å²) < 4.78 is 1.23. The first-order valence-electron chi connectivity index (χ1n) is 8.96. The highest BCUT2D eigenvalue weighted by molar-refractivity contribution is 9.11. The van der Waals surface area contributed by atoms with Gasteiger partial charge in [-0.3, -0.25) is 4.79 Å². The lowest BCUT2D eigenvalue weighted by Crippen LogP contribution is -2.53. The van der Waals surface area contributed by atoms with Crippen LogP contribution in [0.15, 0.2) is 10.6 Å². The molecule has 0 aromatic heterocycles. The van der Waals surface area contributed by atoms with Crippen LogP contribution in [0.5, 0.6) is 0 Å². The van der Waals surface area contributed by atoms with E-state index in [1.807, 2.05) is 6.08 Å². The van der Waals surface area contributed by atoms with Crippen molar-refractivity contribution < 1.29 is 9.90 Å². The molecule has 0 radical (unpaired) electrons. The predicted molar refractivity (Wildman–Crippen MR) is 90.5 cm³/mol. The number of ketones is 1. The highest BCUT2D eigenvalue weighted by Gasteiger charge is 2.60. The lowest BCUT2D eigenvalue weighted by molar-refractivity contribution is -0.134. The van der Waals surface area contributed by atoms with Gasteiger partial charge in [0.15, 0.2) is 0 Å². The van der Waals surface area contributed by atoms with Crippen LogP contribution in [0.1, 0.15) is 58.8 Å². The van der Waals surface area contributed by atoms with Crippen molar-refractivity contribution in [2.45, 2.75) is 64.9 Å². The summed E-state index contributed by atoms with van der Waals surface area (Å²) in [6, 6.07) is 0. The number of carbonyl (C=O) groups is 1. The lowest BCUT2D eigenvalue weighted by Gasteiger charge is -2.59. The number of rotatable bonds is 0. The van der Waals surface area contributed by atoms with Crippen molar-refractivity contribution in [3.63, 3.8) is 0 Å². The first-order valence-corrected chi connectivity index (χ1v) is 9.76. The van der Waals surface area contributed by atoms with Crippen LogP contribution in [0.3, 0.4) is 0 Å². The van der Waals surface area contributed by atoms with Crippen molar-refractivity contribution in [1.82, 2.24) is 0 Å². The number of fused-ring (bicyclic) bond motifs is 5. The summed E-state index contributed by atoms with van der Waals surface area (Å²) in [6.45, 7) is 4.66. The lowest BCUT2D eigenvalue weighted by atomic mass is 9.46. The Morgan fingerprint density at radius 2 is 1.95 bits per heavy atom. The molecule has 3 heteroatoms. The van der Waals surface area contributed by atoms with Crippen molar-refractivity contribution in [1.29, 1.82) is 0 Å². The van der Waals surface area contributed by atoms with Gasteiger partial charge in [0.05, 0.1) is 6.10 Å². The minimum Gasteiger partial charge on any atom is -0.389 e. The number of aliphatic hydroxyl groups is 1. The van der Waals surface area contributed by atoms with E-state index >= 15 is 0 Å². The first kappa shape index (κ1) is 15.4. The second-order valence-electron chi connectivity index (χ2n) is 8.67. The zero-order chi connectivity index (χ0) is 15.7. The van der Waals surface area contributed by atoms with Crippen LogP contribution >= 0.6 is 15.9 Å². The molecule has 3 fully saturated rings. The molecule has 0 aromatic rings. The smallest absolute Gasteiger partial charge is 0.139 e. The van der Waals surface area contributed by atoms with Crippen molar-refractivity contribution in [3.05, 3.63) is 10.6 Å². The minimum absolute atomic E-state index is 0.0330. The zero-order valence-electron chi connectivity index (χ0n) is 13.6. The van der Waals surface area contributed by atoms with E-state index < -0.39 is 0 Å². The molecule has 0 unspecified atom stereocenters. The van der Waals surface area contributed by atoms with Crippen LogP contribution in [0.4, 0.5) is 0 Å². The number of carbonyl (C=O) groups excluding carboxylic acids is 1. The maximum Gasteiger partial charge on any atom is 0.139 e. The van der Waals surface area contributed by atoms with Crippen LogP contribution in [0.25, 0.3) is 0 Å². The summed E-state index contributed by atoms with van der Waals surface area (Å²) in [5.41, 5.74) is 0.143. The SMILES string of the molecule is C[C@]12C(Br)=C[C@H](O)C[C@@H]1CC[C@@H]1[C@@H]2CC[C@]2(C)C(=O)CC[C@@H]12. The van der Waals surface area contributed by atoms with Gasteiger partial charge < -0.3 is 5.11 Å². The Balaban J connectivity index is 1.72. The fourth-order valence-electron chi connectivity index (χ4n) is 6.64. The molecule has 4 rings (SSSR count). The third kappa shape index (κ3) is 1.84. The van der Waals surface area contributed by atoms with E-state index in [0.717, 1.165) is 25.7 Å². The Kier molecular flexibility index (Phi) is 3.44. The van der Waals surface area contributed by atoms with Gasteiger partial charge in [0.2, 0.25) is 0 Å². The Bertz CT molecular complexity index is 542. The molecule has 0 spiro atoms. The van der Waals surface area contributed by atoms with Crippen LogP contribution in [-0.4, -0.2) is 17.0 Å². The monoisotopic (exact) mass is 366 g/mol. The van der Waals surface area contributed by atoms with Crippen LogP contribution in [0, 0.1) is 34.5 Å². The molecule has 2 nitrogen and oxygen atoms in total. The molecule has 4 aliphatic carbocycles. The second kappa shape index (κ2) is 4.92. The number of Topliss-reactive ketones (excluding diaryl/α,β-unsaturated/α-hetero) is 1. The number of allylic oxidation sites excluding steroid dienone is 1. The third-order valence-corrected chi connectivity index (χ3v) is 9.11. The predicted octanol–water partition coefficient (Wildman–Crippen LogP) is 4.46. The van der Waals surface area contributed by atoms with E-state index in [-0.39, 0.29) is 16.9 Å². The molecule has 3 saturated carbocycles. The number of hydrogen-bond donors (Lipinski definition) is 1. The summed E-state index contributed by atoms with van der Waals surface area (Å²) in [6.07, 6.45) is 9.29. The molecule has 7 atom stereocenters. The van der Waals surface area contributed by atoms with Gasteiger partial charge >= 0.3 is 0 Å². The number of hydrogen-bond acceptors (Lipinski definition) is 2. The molecule has 1 N–H and O–H groups in total. The molecule has 0 amide bonds. The molecular formula is C19H27BrO2. The van der Waals surface area contributed by atoms with Crippen molar-refractivity contribution >= 4 is 21.7 Å². The van der Waals surface area contributed by atoms with E-state index in [1.54, 1.807) is 0 Å². The van der Waals surface area contributed by atoms with Crippen molar-refractivity contribution in [3.8, 4) is 0 Å². The molecule has 4 aliphatic rings. The van der Waals surface area contributed by atoms with Gasteiger partial charge in [-0.25, -0.2) is 0 Å². The van der Waals surface area contributed by atoms with Crippen LogP contribution in [-0.2, 0) is 4.79 Å². The van der Waals surface area contributed by atoms with E-state index in [2.05, 4.69) is 29.8 Å². The van der Waals surface area contributed by atoms with E-state index in [4.69, 9.17) is 0 Å². The van der Waals surface area contributed by atoms with E-state index in [9.17, 15) is 9.90 Å². The third-order valence-electron chi connectivity index (χ3n) is 7.99. The summed E-state index contributed by atoms with van der Waals surface area (Å²) >= 11 is 3.82. The Labute approximate surface area is 141 Å². The van der Waals surface area contributed by atoms with E-state index in [1.165, 1.54) is 23.7 Å². The molecule has 0 aromatic carbocycles. The molecule has 0 aliphatic heterocycles. The maximum atomic E-state index is 12.4. The molecule has 0 heterocycles. The number of aliphatic hydroxyl groups excluding tert-OH is 1. The molecule has 22 heavy (non-hydrogen) atoms. The standard InChI is InChI=1S/C19H27BrO2/c1-18-8-7-15-13(14(18)5-6-17(18)22)4-3-11-9-12(21)10-16(20)19(11,15)2/h10-15,21H,3-9H2,1-2H3/t11-,12+,13-,14-,15-,18-,19-/m0/s1. The van der Waals surface area contributed by atoms with Gasteiger partial charge in [-0.05, 0) is 68.3 Å². The fraction of sp³-hybridized carbons (Fsp3) is 0.842. The Morgan fingerprint density at radius 1 is 1.18 bits per heavy atom. The average molecular weight is 367 g/mol. The molecule has 0 saturated heterocycles. The van der Waals surface area contributed by atoms with E-state index in [0.29, 0.717) is 29.5 Å². The van der Waals surface area contributed by atoms with Crippen LogP contribution in [0.2, 0.25) is 0 Å². The normalized spacial score (nSPS) is 54.3. The summed E-state index contributed by atoms with van der Waals surface area (Å²) in [5, 5.41) is 10.1. The zero-order valence-corrected chi connectivity index (χ0v) is 15.2. The molecule has 0 bridgehead atoms. The Morgan fingerprint density at radius 3 is 2.73 bits per heavy atom. The topological polar surface area (TPSA) is 37.3 Å². The largest absolute Gasteiger partial charge is 0.389 e. The quantitative estimate of drug-likeness (QED) is 0.687. The van der Waals surface area contributed by atoms with Crippen molar-refractivity contribution in [2.75, 3.05) is 0 Å². The van der Waals surface area contributed by atoms with Gasteiger partial charge in [-0.15, -0.1) is 0 Å².